The smallest absolute Gasteiger partial charge is 0.156 e. The van der Waals surface area contributed by atoms with Gasteiger partial charge in [-0.2, -0.15) is 5.26 Å². The molecule has 0 unspecified atom stereocenters. The summed E-state index contributed by atoms with van der Waals surface area (Å²) >= 11 is 5.90. The van der Waals surface area contributed by atoms with Gasteiger partial charge in [-0.05, 0) is 24.2 Å². The number of nitriles is 1. The summed E-state index contributed by atoms with van der Waals surface area (Å²) in [5.41, 5.74) is 4.45. The van der Waals surface area contributed by atoms with E-state index in [2.05, 4.69) is 43.3 Å². The molecule has 0 aliphatic heterocycles. The quantitative estimate of drug-likeness (QED) is 0.618. The van der Waals surface area contributed by atoms with Crippen LogP contribution in [0.3, 0.4) is 0 Å². The lowest BCUT2D eigenvalue weighted by molar-refractivity contribution is 1.20. The fraction of sp³-hybridized carbons (Fsp3) is 0.429. The third-order valence-electron chi connectivity index (χ3n) is 3.45. The highest BCUT2D eigenvalue weighted by Crippen LogP contribution is 2.19. The van der Waals surface area contributed by atoms with Crippen molar-refractivity contribution < 1.29 is 0 Å². The van der Waals surface area contributed by atoms with Crippen LogP contribution in [0, 0.1) is 22.8 Å². The summed E-state index contributed by atoms with van der Waals surface area (Å²) in [7, 11) is -1.49. The number of hydrogen-bond acceptors (Lipinski definition) is 2. The molecule has 1 aromatic heterocycles. The summed E-state index contributed by atoms with van der Waals surface area (Å²) in [5.74, 6) is 3.14. The number of pyridine rings is 1. The molecule has 0 radical (unpaired) electrons. The Morgan fingerprint density at radius 1 is 1.28 bits per heavy atom. The monoisotopic (exact) mass is 276 g/mol. The van der Waals surface area contributed by atoms with E-state index in [1.807, 2.05) is 0 Å². The van der Waals surface area contributed by atoms with Crippen molar-refractivity contribution in [2.45, 2.75) is 38.9 Å². The molecule has 0 aliphatic rings. The van der Waals surface area contributed by atoms with Crippen LogP contribution in [-0.4, -0.2) is 13.1 Å². The normalized spacial score (nSPS) is 10.4. The van der Waals surface area contributed by atoms with E-state index in [0.717, 1.165) is 18.1 Å². The van der Waals surface area contributed by atoms with Gasteiger partial charge in [-0.3, -0.25) is 0 Å². The molecular formula is C14H17ClN2Si. The third kappa shape index (κ3) is 3.35. The van der Waals surface area contributed by atoms with Gasteiger partial charge < -0.3 is 0 Å². The zero-order chi connectivity index (χ0) is 13.6. The minimum atomic E-state index is -1.49. The van der Waals surface area contributed by atoms with Gasteiger partial charge in [0.05, 0.1) is 10.6 Å². The van der Waals surface area contributed by atoms with Crippen molar-refractivity contribution in [3.05, 3.63) is 28.5 Å². The van der Waals surface area contributed by atoms with Crippen LogP contribution in [0.25, 0.3) is 0 Å². The first-order chi connectivity index (χ1) is 8.60. The van der Waals surface area contributed by atoms with Gasteiger partial charge in [-0.25, -0.2) is 4.98 Å². The van der Waals surface area contributed by atoms with E-state index in [1.54, 1.807) is 6.07 Å². The standard InChI is InChI=1S/C14H17ClN2Si/c1-4-18(5-2,6-3)8-7-12-9-13(15)11-17-14(12)10-16/h9,11H,4-6H2,1-3H3. The lowest BCUT2D eigenvalue weighted by atomic mass is 10.2. The van der Waals surface area contributed by atoms with Gasteiger partial charge in [-0.15, -0.1) is 5.54 Å². The summed E-state index contributed by atoms with van der Waals surface area (Å²) in [6.45, 7) is 6.61. The third-order valence-corrected chi connectivity index (χ3v) is 8.38. The zero-order valence-corrected chi connectivity index (χ0v) is 12.8. The lowest BCUT2D eigenvalue weighted by Crippen LogP contribution is -2.29. The largest absolute Gasteiger partial charge is 0.243 e. The average molecular weight is 277 g/mol. The minimum Gasteiger partial charge on any atom is -0.243 e. The predicted octanol–water partition coefficient (Wildman–Crippen LogP) is 4.01. The van der Waals surface area contributed by atoms with Gasteiger partial charge in [0.15, 0.2) is 5.69 Å². The highest BCUT2D eigenvalue weighted by Gasteiger charge is 2.24. The maximum absolute atomic E-state index is 9.00. The van der Waals surface area contributed by atoms with Crippen molar-refractivity contribution in [3.63, 3.8) is 0 Å². The van der Waals surface area contributed by atoms with Crippen molar-refractivity contribution >= 4 is 19.7 Å². The van der Waals surface area contributed by atoms with Gasteiger partial charge in [0, 0.05) is 6.20 Å². The van der Waals surface area contributed by atoms with Crippen LogP contribution >= 0.6 is 11.6 Å². The van der Waals surface area contributed by atoms with Crippen LogP contribution < -0.4 is 0 Å². The number of halogens is 1. The van der Waals surface area contributed by atoms with E-state index in [1.165, 1.54) is 6.20 Å². The highest BCUT2D eigenvalue weighted by atomic mass is 35.5. The topological polar surface area (TPSA) is 36.7 Å². The highest BCUT2D eigenvalue weighted by molar-refractivity contribution is 6.87. The lowest BCUT2D eigenvalue weighted by Gasteiger charge is -2.20. The van der Waals surface area contributed by atoms with Crippen molar-refractivity contribution in [1.82, 2.24) is 4.98 Å². The first-order valence-corrected chi connectivity index (χ1v) is 9.19. The zero-order valence-electron chi connectivity index (χ0n) is 11.0. The fourth-order valence-electron chi connectivity index (χ4n) is 1.84. The van der Waals surface area contributed by atoms with Crippen LogP contribution in [0.4, 0.5) is 0 Å². The maximum Gasteiger partial charge on any atom is 0.156 e. The SMILES string of the molecule is CC[Si](C#Cc1cc(Cl)cnc1C#N)(CC)CC. The number of nitrogens with zero attached hydrogens (tertiary/aromatic N) is 2. The fourth-order valence-corrected chi connectivity index (χ4v) is 4.43. The Labute approximate surface area is 115 Å². The Balaban J connectivity index is 3.19. The Hall–Kier alpha value is -1.29. The van der Waals surface area contributed by atoms with Gasteiger partial charge in [0.25, 0.3) is 0 Å². The van der Waals surface area contributed by atoms with Gasteiger partial charge in [0.2, 0.25) is 0 Å². The maximum atomic E-state index is 9.00. The molecule has 1 aromatic rings. The molecular weight excluding hydrogens is 260 g/mol. The molecule has 0 saturated heterocycles. The van der Waals surface area contributed by atoms with Crippen LogP contribution in [-0.2, 0) is 0 Å². The molecule has 18 heavy (non-hydrogen) atoms. The molecule has 0 N–H and O–H groups in total. The van der Waals surface area contributed by atoms with Crippen LogP contribution in [0.1, 0.15) is 32.0 Å². The Bertz CT molecular complexity index is 511. The van der Waals surface area contributed by atoms with Crippen LogP contribution in [0.2, 0.25) is 23.2 Å². The second-order valence-electron chi connectivity index (χ2n) is 4.25. The molecule has 94 valence electrons. The van der Waals surface area contributed by atoms with E-state index in [9.17, 15) is 0 Å². The second kappa shape index (κ2) is 6.59. The Morgan fingerprint density at radius 2 is 1.89 bits per heavy atom. The molecule has 0 aromatic carbocycles. The van der Waals surface area contributed by atoms with E-state index >= 15 is 0 Å². The number of hydrogen-bond donors (Lipinski definition) is 0. The molecule has 0 spiro atoms. The number of rotatable bonds is 3. The van der Waals surface area contributed by atoms with Gasteiger partial charge in [-0.1, -0.05) is 38.3 Å². The first-order valence-electron chi connectivity index (χ1n) is 6.19. The Kier molecular flexibility index (Phi) is 5.41. The molecule has 0 saturated carbocycles. The van der Waals surface area contributed by atoms with E-state index in [0.29, 0.717) is 16.3 Å². The summed E-state index contributed by atoms with van der Waals surface area (Å²) in [6.07, 6.45) is 1.48. The average Bonchev–Trinajstić information content (AvgIpc) is 2.41. The van der Waals surface area contributed by atoms with Crippen molar-refractivity contribution in [1.29, 1.82) is 5.26 Å². The first kappa shape index (κ1) is 14.8. The summed E-state index contributed by atoms with van der Waals surface area (Å²) in [4.78, 5) is 3.99. The molecule has 0 aliphatic carbocycles. The number of aromatic nitrogens is 1. The summed E-state index contributed by atoms with van der Waals surface area (Å²) in [5, 5.41) is 9.52. The van der Waals surface area contributed by atoms with E-state index in [4.69, 9.17) is 16.9 Å². The van der Waals surface area contributed by atoms with Crippen molar-refractivity contribution in [2.75, 3.05) is 0 Å². The predicted molar refractivity (Wildman–Crippen MR) is 78.0 cm³/mol. The molecule has 2 nitrogen and oxygen atoms in total. The van der Waals surface area contributed by atoms with E-state index in [-0.39, 0.29) is 0 Å². The molecule has 0 amide bonds. The van der Waals surface area contributed by atoms with Gasteiger partial charge >= 0.3 is 0 Å². The molecule has 1 rings (SSSR count). The van der Waals surface area contributed by atoms with Crippen molar-refractivity contribution in [2.24, 2.45) is 0 Å². The molecule has 0 atom stereocenters. The minimum absolute atomic E-state index is 0.359. The second-order valence-corrected chi connectivity index (χ2v) is 9.62. The van der Waals surface area contributed by atoms with Crippen LogP contribution in [0.15, 0.2) is 12.3 Å². The van der Waals surface area contributed by atoms with E-state index < -0.39 is 8.07 Å². The summed E-state index contributed by atoms with van der Waals surface area (Å²) < 4.78 is 0. The molecule has 4 heteroatoms. The van der Waals surface area contributed by atoms with Gasteiger partial charge in [0.1, 0.15) is 14.1 Å². The van der Waals surface area contributed by atoms with Crippen molar-refractivity contribution in [3.8, 4) is 17.5 Å². The van der Waals surface area contributed by atoms with Crippen LogP contribution in [0.5, 0.6) is 0 Å². The molecule has 0 bridgehead atoms. The molecule has 1 heterocycles. The molecule has 0 fully saturated rings. The Morgan fingerprint density at radius 3 is 2.39 bits per heavy atom. The summed E-state index contributed by atoms with van der Waals surface area (Å²) in [6, 6.07) is 7.20.